The highest BCUT2D eigenvalue weighted by atomic mass is 32.2. The lowest BCUT2D eigenvalue weighted by molar-refractivity contribution is 0.169. The third-order valence-corrected chi connectivity index (χ3v) is 5.25. The van der Waals surface area contributed by atoms with Crippen LogP contribution in [0, 0.1) is 11.8 Å². The monoisotopic (exact) mass is 226 g/mol. The van der Waals surface area contributed by atoms with Crippen LogP contribution in [0.2, 0.25) is 0 Å². The third-order valence-electron chi connectivity index (χ3n) is 4.02. The second-order valence-electron chi connectivity index (χ2n) is 5.39. The Morgan fingerprint density at radius 1 is 1.27 bits per heavy atom. The van der Waals surface area contributed by atoms with Crippen molar-refractivity contribution in [2.45, 2.75) is 25.3 Å². The molecule has 0 aromatic carbocycles. The molecule has 2 unspecified atom stereocenters. The van der Waals surface area contributed by atoms with Gasteiger partial charge in [0.25, 0.3) is 0 Å². The van der Waals surface area contributed by atoms with E-state index < -0.39 is 0 Å². The van der Waals surface area contributed by atoms with E-state index in [2.05, 4.69) is 22.0 Å². The van der Waals surface area contributed by atoms with Crippen LogP contribution in [-0.4, -0.2) is 48.6 Å². The van der Waals surface area contributed by atoms with Gasteiger partial charge < -0.3 is 10.2 Å². The van der Waals surface area contributed by atoms with Crippen LogP contribution in [0.4, 0.5) is 0 Å². The lowest BCUT2D eigenvalue weighted by Gasteiger charge is -2.35. The van der Waals surface area contributed by atoms with Crippen LogP contribution in [0.5, 0.6) is 0 Å². The second kappa shape index (κ2) is 4.64. The number of rotatable bonds is 3. The van der Waals surface area contributed by atoms with Gasteiger partial charge >= 0.3 is 0 Å². The van der Waals surface area contributed by atoms with E-state index in [4.69, 9.17) is 0 Å². The largest absolute Gasteiger partial charge is 0.311 e. The van der Waals surface area contributed by atoms with Crippen molar-refractivity contribution < 1.29 is 0 Å². The highest BCUT2D eigenvalue weighted by molar-refractivity contribution is 7.99. The van der Waals surface area contributed by atoms with Crippen LogP contribution in [0.15, 0.2) is 0 Å². The fourth-order valence-electron chi connectivity index (χ4n) is 2.91. The molecule has 1 aliphatic carbocycles. The molecule has 0 aromatic rings. The number of piperazine rings is 1. The van der Waals surface area contributed by atoms with Crippen molar-refractivity contribution >= 4 is 11.8 Å². The first-order chi connectivity index (χ1) is 7.42. The summed E-state index contributed by atoms with van der Waals surface area (Å²) in [5.74, 6) is 4.83. The van der Waals surface area contributed by atoms with Gasteiger partial charge in [-0.25, -0.2) is 0 Å². The number of thioether (sulfide) groups is 1. The minimum Gasteiger partial charge on any atom is -0.311 e. The van der Waals surface area contributed by atoms with Gasteiger partial charge in [-0.2, -0.15) is 11.8 Å². The summed E-state index contributed by atoms with van der Waals surface area (Å²) in [7, 11) is 0. The van der Waals surface area contributed by atoms with Crippen LogP contribution in [0.25, 0.3) is 0 Å². The fourth-order valence-corrected chi connectivity index (χ4v) is 4.19. The van der Waals surface area contributed by atoms with E-state index in [1.165, 1.54) is 56.9 Å². The molecule has 3 fully saturated rings. The minimum atomic E-state index is 0.827. The number of nitrogens with zero attached hydrogens (tertiary/aromatic N) is 1. The van der Waals surface area contributed by atoms with E-state index in [-0.39, 0.29) is 0 Å². The summed E-state index contributed by atoms with van der Waals surface area (Å²) >= 11 is 2.15. The Morgan fingerprint density at radius 3 is 2.93 bits per heavy atom. The summed E-state index contributed by atoms with van der Waals surface area (Å²) in [6, 6.07) is 0.827. The molecule has 3 aliphatic rings. The van der Waals surface area contributed by atoms with Crippen LogP contribution < -0.4 is 5.32 Å². The van der Waals surface area contributed by atoms with Gasteiger partial charge in [0.2, 0.25) is 0 Å². The molecule has 2 heterocycles. The maximum Gasteiger partial charge on any atom is 0.0223 e. The lowest BCUT2D eigenvalue weighted by atomic mass is 10.1. The molecule has 0 bridgehead atoms. The molecule has 2 saturated heterocycles. The molecule has 2 atom stereocenters. The van der Waals surface area contributed by atoms with Crippen LogP contribution in [-0.2, 0) is 0 Å². The average molecular weight is 226 g/mol. The van der Waals surface area contributed by atoms with Gasteiger partial charge in [0.15, 0.2) is 0 Å². The van der Waals surface area contributed by atoms with Gasteiger partial charge in [-0.05, 0) is 42.6 Å². The van der Waals surface area contributed by atoms with Crippen molar-refractivity contribution in [1.82, 2.24) is 10.2 Å². The summed E-state index contributed by atoms with van der Waals surface area (Å²) in [5, 5.41) is 3.69. The molecular weight excluding hydrogens is 204 g/mol. The molecule has 2 aliphatic heterocycles. The highest BCUT2D eigenvalue weighted by Gasteiger charge is 2.34. The van der Waals surface area contributed by atoms with Crippen molar-refractivity contribution in [3.05, 3.63) is 0 Å². The van der Waals surface area contributed by atoms with Crippen molar-refractivity contribution in [1.29, 1.82) is 0 Å². The maximum atomic E-state index is 3.69. The molecular formula is C12H22N2S. The van der Waals surface area contributed by atoms with E-state index in [0.717, 1.165) is 17.9 Å². The first-order valence-electron chi connectivity index (χ1n) is 6.45. The number of hydrogen-bond acceptors (Lipinski definition) is 3. The Balaban J connectivity index is 1.47. The first kappa shape index (κ1) is 10.4. The van der Waals surface area contributed by atoms with Gasteiger partial charge in [0.05, 0.1) is 0 Å². The smallest absolute Gasteiger partial charge is 0.0223 e. The van der Waals surface area contributed by atoms with E-state index in [0.29, 0.717) is 0 Å². The Hall–Kier alpha value is 0.270. The van der Waals surface area contributed by atoms with Crippen molar-refractivity contribution in [3.8, 4) is 0 Å². The van der Waals surface area contributed by atoms with Crippen molar-refractivity contribution in [2.24, 2.45) is 11.8 Å². The molecule has 0 radical (unpaired) electrons. The van der Waals surface area contributed by atoms with Gasteiger partial charge in [-0.15, -0.1) is 0 Å². The van der Waals surface area contributed by atoms with Gasteiger partial charge in [0, 0.05) is 32.2 Å². The summed E-state index contributed by atoms with van der Waals surface area (Å²) in [5.41, 5.74) is 0. The Bertz CT molecular complexity index is 210. The Morgan fingerprint density at radius 2 is 2.20 bits per heavy atom. The van der Waals surface area contributed by atoms with Gasteiger partial charge in [-0.1, -0.05) is 0 Å². The van der Waals surface area contributed by atoms with Crippen molar-refractivity contribution in [3.63, 3.8) is 0 Å². The zero-order valence-corrected chi connectivity index (χ0v) is 10.3. The van der Waals surface area contributed by atoms with Crippen LogP contribution >= 0.6 is 11.8 Å². The number of hydrogen-bond donors (Lipinski definition) is 1. The summed E-state index contributed by atoms with van der Waals surface area (Å²) in [4.78, 5) is 2.72. The maximum absolute atomic E-state index is 3.69. The van der Waals surface area contributed by atoms with E-state index >= 15 is 0 Å². The zero-order chi connectivity index (χ0) is 10.1. The summed E-state index contributed by atoms with van der Waals surface area (Å²) < 4.78 is 0. The SMILES string of the molecule is C1CN(CC2CCSC2)CC(C2CC2)N1. The van der Waals surface area contributed by atoms with E-state index in [1.807, 2.05) is 0 Å². The van der Waals surface area contributed by atoms with Crippen LogP contribution in [0.3, 0.4) is 0 Å². The zero-order valence-electron chi connectivity index (χ0n) is 9.45. The molecule has 0 aromatic heterocycles. The van der Waals surface area contributed by atoms with Gasteiger partial charge in [0.1, 0.15) is 0 Å². The summed E-state index contributed by atoms with van der Waals surface area (Å²) in [6.07, 6.45) is 4.41. The molecule has 0 amide bonds. The molecule has 1 N–H and O–H groups in total. The third kappa shape index (κ3) is 2.69. The normalized spacial score (nSPS) is 38.4. The average Bonchev–Trinajstić information content (AvgIpc) is 3.00. The highest BCUT2D eigenvalue weighted by Crippen LogP contribution is 2.34. The van der Waals surface area contributed by atoms with Crippen molar-refractivity contribution in [2.75, 3.05) is 37.7 Å². The standard InChI is InChI=1S/C12H22N2S/c1-2-11(1)12-8-14(5-4-13-12)7-10-3-6-15-9-10/h10-13H,1-9H2. The quantitative estimate of drug-likeness (QED) is 0.783. The minimum absolute atomic E-state index is 0.827. The molecule has 15 heavy (non-hydrogen) atoms. The first-order valence-corrected chi connectivity index (χ1v) is 7.61. The van der Waals surface area contributed by atoms with E-state index in [9.17, 15) is 0 Å². The molecule has 0 spiro atoms. The Kier molecular flexibility index (Phi) is 3.23. The molecule has 1 saturated carbocycles. The second-order valence-corrected chi connectivity index (χ2v) is 6.54. The lowest BCUT2D eigenvalue weighted by Crippen LogP contribution is -2.52. The van der Waals surface area contributed by atoms with Gasteiger partial charge in [-0.3, -0.25) is 0 Å². The molecule has 3 rings (SSSR count). The fraction of sp³-hybridized carbons (Fsp3) is 1.00. The van der Waals surface area contributed by atoms with Crippen LogP contribution in [0.1, 0.15) is 19.3 Å². The predicted molar refractivity (Wildman–Crippen MR) is 66.4 cm³/mol. The summed E-state index contributed by atoms with van der Waals surface area (Å²) in [6.45, 7) is 5.20. The molecule has 86 valence electrons. The topological polar surface area (TPSA) is 15.3 Å². The molecule has 3 heteroatoms. The number of nitrogens with one attached hydrogen (secondary N) is 1. The Labute approximate surface area is 97.2 Å². The predicted octanol–water partition coefficient (Wildman–Crippen LogP) is 1.42. The van der Waals surface area contributed by atoms with E-state index in [1.54, 1.807) is 0 Å². The molecule has 2 nitrogen and oxygen atoms in total.